The molecule has 0 amide bonds. The molecule has 1 heterocycles. The molecular formula is C28H30O6. The Labute approximate surface area is 200 Å². The van der Waals surface area contributed by atoms with Crippen LogP contribution in [0, 0.1) is 0 Å². The third-order valence-electron chi connectivity index (χ3n) is 5.61. The van der Waals surface area contributed by atoms with Crippen LogP contribution in [0.4, 0.5) is 0 Å². The fourth-order valence-electron chi connectivity index (χ4n) is 3.88. The molecule has 0 bridgehead atoms. The molecule has 0 fully saturated rings. The average Bonchev–Trinajstić information content (AvgIpc) is 2.85. The summed E-state index contributed by atoms with van der Waals surface area (Å²) in [4.78, 5) is 11.2. The van der Waals surface area contributed by atoms with Crippen molar-refractivity contribution in [2.45, 2.75) is 45.1 Å². The van der Waals surface area contributed by atoms with E-state index in [0.717, 1.165) is 41.2 Å². The normalized spacial score (nSPS) is 14.6. The van der Waals surface area contributed by atoms with Crippen LogP contribution in [0.3, 0.4) is 0 Å². The first-order chi connectivity index (χ1) is 16.6. The molecule has 4 rings (SSSR count). The van der Waals surface area contributed by atoms with Crippen LogP contribution >= 0.6 is 0 Å². The number of carboxylic acids is 1. The lowest BCUT2D eigenvalue weighted by atomic mass is 10.0. The SMILES string of the molecule is CCCc1cc(OCCCOc2ccc3c(c2)OC(C(=O)O)CC3)ccc1Oc1ccccc1. The van der Waals surface area contributed by atoms with Crippen LogP contribution in [0.25, 0.3) is 0 Å². The van der Waals surface area contributed by atoms with Gasteiger partial charge in [-0.15, -0.1) is 0 Å². The summed E-state index contributed by atoms with van der Waals surface area (Å²) in [6.07, 6.45) is 3.01. The second-order valence-corrected chi connectivity index (χ2v) is 8.24. The van der Waals surface area contributed by atoms with Gasteiger partial charge in [0.1, 0.15) is 28.7 Å². The standard InChI is InChI=1S/C28H30O6/c1-2-7-21-18-23(13-15-25(21)33-22-8-4-3-5-9-22)31-16-6-17-32-24-12-10-20-11-14-26(28(29)30)34-27(20)19-24/h3-5,8-10,12-13,15,18-19,26H,2,6-7,11,14,16-17H2,1H3,(H,29,30). The molecule has 0 aromatic heterocycles. The van der Waals surface area contributed by atoms with Crippen molar-refractivity contribution in [3.63, 3.8) is 0 Å². The van der Waals surface area contributed by atoms with Gasteiger partial charge in [-0.05, 0) is 66.8 Å². The van der Waals surface area contributed by atoms with Gasteiger partial charge in [0.25, 0.3) is 0 Å². The number of para-hydroxylation sites is 1. The number of aliphatic carboxylic acids is 1. The molecular weight excluding hydrogens is 432 g/mol. The molecule has 0 aliphatic carbocycles. The smallest absolute Gasteiger partial charge is 0.344 e. The van der Waals surface area contributed by atoms with Crippen molar-refractivity contribution < 1.29 is 28.8 Å². The van der Waals surface area contributed by atoms with E-state index in [1.165, 1.54) is 0 Å². The van der Waals surface area contributed by atoms with E-state index in [1.54, 1.807) is 6.07 Å². The number of rotatable bonds is 11. The number of benzene rings is 3. The van der Waals surface area contributed by atoms with E-state index >= 15 is 0 Å². The van der Waals surface area contributed by atoms with Crippen LogP contribution in [-0.2, 0) is 17.6 Å². The van der Waals surface area contributed by atoms with Gasteiger partial charge in [-0.1, -0.05) is 37.6 Å². The number of hydrogen-bond donors (Lipinski definition) is 1. The molecule has 6 heteroatoms. The molecule has 3 aromatic rings. The Hall–Kier alpha value is -3.67. The lowest BCUT2D eigenvalue weighted by Crippen LogP contribution is -2.30. The van der Waals surface area contributed by atoms with Crippen molar-refractivity contribution in [1.29, 1.82) is 0 Å². The molecule has 0 saturated carbocycles. The lowest BCUT2D eigenvalue weighted by molar-refractivity contribution is -0.145. The first-order valence-electron chi connectivity index (χ1n) is 11.8. The van der Waals surface area contributed by atoms with E-state index in [9.17, 15) is 9.90 Å². The van der Waals surface area contributed by atoms with Gasteiger partial charge < -0.3 is 24.1 Å². The molecule has 1 aliphatic rings. The Kier molecular flexibility index (Phi) is 7.91. The van der Waals surface area contributed by atoms with Gasteiger partial charge in [-0.2, -0.15) is 0 Å². The van der Waals surface area contributed by atoms with Crippen LogP contribution in [0.2, 0.25) is 0 Å². The van der Waals surface area contributed by atoms with E-state index in [2.05, 4.69) is 6.92 Å². The van der Waals surface area contributed by atoms with Gasteiger partial charge in [0.2, 0.25) is 0 Å². The fourth-order valence-corrected chi connectivity index (χ4v) is 3.88. The first-order valence-corrected chi connectivity index (χ1v) is 11.8. The molecule has 34 heavy (non-hydrogen) atoms. The number of hydrogen-bond acceptors (Lipinski definition) is 5. The minimum Gasteiger partial charge on any atom is -0.493 e. The minimum absolute atomic E-state index is 0.484. The largest absolute Gasteiger partial charge is 0.493 e. The summed E-state index contributed by atoms with van der Waals surface area (Å²) in [7, 11) is 0. The molecule has 6 nitrogen and oxygen atoms in total. The van der Waals surface area contributed by atoms with Gasteiger partial charge in [-0.3, -0.25) is 0 Å². The van der Waals surface area contributed by atoms with Crippen LogP contribution in [-0.4, -0.2) is 30.4 Å². The third-order valence-corrected chi connectivity index (χ3v) is 5.61. The number of ether oxygens (including phenoxy) is 4. The zero-order valence-corrected chi connectivity index (χ0v) is 19.4. The number of fused-ring (bicyclic) bond motifs is 1. The highest BCUT2D eigenvalue weighted by Gasteiger charge is 2.25. The van der Waals surface area contributed by atoms with Gasteiger partial charge in [0.05, 0.1) is 13.2 Å². The van der Waals surface area contributed by atoms with Crippen molar-refractivity contribution in [2.75, 3.05) is 13.2 Å². The summed E-state index contributed by atoms with van der Waals surface area (Å²) < 4.78 is 23.4. The van der Waals surface area contributed by atoms with E-state index in [-0.39, 0.29) is 0 Å². The van der Waals surface area contributed by atoms with Crippen molar-refractivity contribution >= 4 is 5.97 Å². The lowest BCUT2D eigenvalue weighted by Gasteiger charge is -2.23. The van der Waals surface area contributed by atoms with Crippen molar-refractivity contribution in [3.05, 3.63) is 77.9 Å². The molecule has 178 valence electrons. The van der Waals surface area contributed by atoms with Gasteiger partial charge >= 0.3 is 5.97 Å². The summed E-state index contributed by atoms with van der Waals surface area (Å²) in [6.45, 7) is 3.15. The molecule has 0 saturated heterocycles. The molecule has 0 spiro atoms. The molecule has 3 aromatic carbocycles. The van der Waals surface area contributed by atoms with E-state index in [0.29, 0.717) is 44.0 Å². The van der Waals surface area contributed by atoms with Crippen LogP contribution in [0.15, 0.2) is 66.7 Å². The van der Waals surface area contributed by atoms with Crippen LogP contribution in [0.1, 0.15) is 37.3 Å². The van der Waals surface area contributed by atoms with E-state index < -0.39 is 12.1 Å². The second-order valence-electron chi connectivity index (χ2n) is 8.24. The van der Waals surface area contributed by atoms with Gasteiger partial charge in [0.15, 0.2) is 6.10 Å². The highest BCUT2D eigenvalue weighted by molar-refractivity contribution is 5.73. The zero-order valence-electron chi connectivity index (χ0n) is 19.4. The maximum atomic E-state index is 11.2. The summed E-state index contributed by atoms with van der Waals surface area (Å²) in [5, 5.41) is 9.18. The van der Waals surface area contributed by atoms with Crippen LogP contribution < -0.4 is 18.9 Å². The van der Waals surface area contributed by atoms with Crippen LogP contribution in [0.5, 0.6) is 28.7 Å². The maximum absolute atomic E-state index is 11.2. The highest BCUT2D eigenvalue weighted by atomic mass is 16.5. The molecule has 1 N–H and O–H groups in total. The number of carbonyl (C=O) groups is 1. The Morgan fingerprint density at radius 2 is 1.71 bits per heavy atom. The zero-order chi connectivity index (χ0) is 23.8. The van der Waals surface area contributed by atoms with Gasteiger partial charge in [0, 0.05) is 12.5 Å². The second kappa shape index (κ2) is 11.5. The number of carboxylic acid groups (broad SMARTS) is 1. The quantitative estimate of drug-likeness (QED) is 0.349. The van der Waals surface area contributed by atoms with Gasteiger partial charge in [-0.25, -0.2) is 4.79 Å². The summed E-state index contributed by atoms with van der Waals surface area (Å²) in [5.41, 5.74) is 2.13. The molecule has 0 radical (unpaired) electrons. The van der Waals surface area contributed by atoms with E-state index in [1.807, 2.05) is 60.7 Å². The average molecular weight is 463 g/mol. The van der Waals surface area contributed by atoms with Crippen molar-refractivity contribution in [2.24, 2.45) is 0 Å². The highest BCUT2D eigenvalue weighted by Crippen LogP contribution is 2.32. The minimum atomic E-state index is -0.934. The Bertz CT molecular complexity index is 1100. The Balaban J connectivity index is 1.26. The Morgan fingerprint density at radius 3 is 2.44 bits per heavy atom. The summed E-state index contributed by atoms with van der Waals surface area (Å²) in [6, 6.07) is 21.3. The van der Waals surface area contributed by atoms with E-state index in [4.69, 9.17) is 18.9 Å². The predicted molar refractivity (Wildman–Crippen MR) is 129 cm³/mol. The first kappa shape index (κ1) is 23.5. The van der Waals surface area contributed by atoms with Crippen molar-refractivity contribution in [3.8, 4) is 28.7 Å². The maximum Gasteiger partial charge on any atom is 0.344 e. The molecule has 1 aliphatic heterocycles. The number of aryl methyl sites for hydroxylation is 2. The monoisotopic (exact) mass is 462 g/mol. The van der Waals surface area contributed by atoms with Crippen molar-refractivity contribution in [1.82, 2.24) is 0 Å². The summed E-state index contributed by atoms with van der Waals surface area (Å²) >= 11 is 0. The molecule has 1 atom stereocenters. The predicted octanol–water partition coefficient (Wildman–Crippen LogP) is 6.06. The topological polar surface area (TPSA) is 74.2 Å². The Morgan fingerprint density at radius 1 is 0.971 bits per heavy atom. The molecule has 1 unspecified atom stereocenters. The summed E-state index contributed by atoms with van der Waals surface area (Å²) in [5.74, 6) is 2.80. The third kappa shape index (κ3) is 6.22. The fraction of sp³-hybridized carbons (Fsp3) is 0.321.